The van der Waals surface area contributed by atoms with E-state index in [1.807, 2.05) is 18.2 Å². The van der Waals surface area contributed by atoms with E-state index in [4.69, 9.17) is 4.74 Å². The molecule has 6 rings (SSSR count). The van der Waals surface area contributed by atoms with Crippen molar-refractivity contribution in [1.82, 2.24) is 0 Å². The smallest absolute Gasteiger partial charge is 0.335 e. The third kappa shape index (κ3) is 4.85. The Hall–Kier alpha value is -5.15. The summed E-state index contributed by atoms with van der Waals surface area (Å²) in [6.07, 6.45) is 3.38. The van der Waals surface area contributed by atoms with Gasteiger partial charge in [0.05, 0.1) is 0 Å². The number of rotatable bonds is 6. The van der Waals surface area contributed by atoms with Gasteiger partial charge in [0.15, 0.2) is 0 Å². The van der Waals surface area contributed by atoms with Gasteiger partial charge in [0, 0.05) is 23.1 Å². The number of esters is 1. The highest BCUT2D eigenvalue weighted by atomic mass is 16.5. The molecule has 5 aromatic rings. The number of hydrogen-bond donors (Lipinski definition) is 0. The summed E-state index contributed by atoms with van der Waals surface area (Å²) < 4.78 is 5.44. The maximum absolute atomic E-state index is 11.8. The van der Waals surface area contributed by atoms with Gasteiger partial charge in [0.2, 0.25) is 0 Å². The summed E-state index contributed by atoms with van der Waals surface area (Å²) in [7, 11) is 0. The van der Waals surface area contributed by atoms with Crippen LogP contribution in [0.25, 0.3) is 22.8 Å². The molecule has 3 nitrogen and oxygen atoms in total. The second-order valence-corrected chi connectivity index (χ2v) is 10.0. The van der Waals surface area contributed by atoms with Crippen molar-refractivity contribution < 1.29 is 9.53 Å². The Balaban J connectivity index is 1.40. The van der Waals surface area contributed by atoms with E-state index in [1.54, 1.807) is 0 Å². The second-order valence-electron chi connectivity index (χ2n) is 10.0. The van der Waals surface area contributed by atoms with Crippen molar-refractivity contribution in [2.24, 2.45) is 0 Å². The van der Waals surface area contributed by atoms with Crippen LogP contribution in [0.5, 0.6) is 5.75 Å². The fourth-order valence-electron chi connectivity index (χ4n) is 5.18. The van der Waals surface area contributed by atoms with Gasteiger partial charge in [-0.25, -0.2) is 4.79 Å². The van der Waals surface area contributed by atoms with Crippen molar-refractivity contribution >= 4 is 34.7 Å². The molecule has 0 bridgehead atoms. The van der Waals surface area contributed by atoms with E-state index in [0.717, 1.165) is 44.9 Å². The number of benzene rings is 5. The molecule has 0 saturated heterocycles. The Morgan fingerprint density at radius 2 is 1.18 bits per heavy atom. The lowest BCUT2D eigenvalue weighted by molar-refractivity contribution is -0.128. The summed E-state index contributed by atoms with van der Waals surface area (Å²) in [5.41, 5.74) is 12.5. The van der Waals surface area contributed by atoms with Crippen LogP contribution < -0.4 is 9.64 Å². The first-order valence-electron chi connectivity index (χ1n) is 13.3. The molecule has 1 aliphatic rings. The van der Waals surface area contributed by atoms with Crippen molar-refractivity contribution in [3.05, 3.63) is 156 Å². The molecule has 0 aromatic heterocycles. The van der Waals surface area contributed by atoms with Gasteiger partial charge < -0.3 is 9.64 Å². The van der Waals surface area contributed by atoms with Crippen LogP contribution in [0.15, 0.2) is 128 Å². The van der Waals surface area contributed by atoms with Crippen molar-refractivity contribution in [3.8, 4) is 16.9 Å². The minimum atomic E-state index is -0.469. The number of hydrogen-bond acceptors (Lipinski definition) is 3. The molecule has 40 heavy (non-hydrogen) atoms. The van der Waals surface area contributed by atoms with E-state index in [2.05, 4.69) is 128 Å². The fourth-order valence-corrected chi connectivity index (χ4v) is 5.18. The number of carbonyl (C=O) groups excluding carboxylic acids is 1. The van der Waals surface area contributed by atoms with Crippen LogP contribution in [0, 0.1) is 13.8 Å². The minimum Gasteiger partial charge on any atom is -0.423 e. The topological polar surface area (TPSA) is 29.5 Å². The van der Waals surface area contributed by atoms with Gasteiger partial charge in [0.1, 0.15) is 5.75 Å². The van der Waals surface area contributed by atoms with Gasteiger partial charge in [-0.05, 0) is 102 Å². The van der Waals surface area contributed by atoms with E-state index in [0.29, 0.717) is 5.75 Å². The summed E-state index contributed by atoms with van der Waals surface area (Å²) >= 11 is 0. The van der Waals surface area contributed by atoms with Gasteiger partial charge in [-0.3, -0.25) is 0 Å². The maximum atomic E-state index is 11.8. The first kappa shape index (κ1) is 25.1. The molecule has 5 aromatic carbocycles. The highest BCUT2D eigenvalue weighted by Gasteiger charge is 2.24. The molecular formula is C37H29NO2. The molecule has 0 N–H and O–H groups in total. The first-order valence-corrected chi connectivity index (χ1v) is 13.3. The average Bonchev–Trinajstić information content (AvgIpc) is 3.28. The predicted molar refractivity (Wildman–Crippen MR) is 165 cm³/mol. The van der Waals surface area contributed by atoms with Gasteiger partial charge in [0.25, 0.3) is 0 Å². The molecule has 0 atom stereocenters. The van der Waals surface area contributed by atoms with Crippen LogP contribution >= 0.6 is 0 Å². The highest BCUT2D eigenvalue weighted by molar-refractivity contribution is 6.07. The van der Waals surface area contributed by atoms with E-state index >= 15 is 0 Å². The van der Waals surface area contributed by atoms with Gasteiger partial charge in [-0.2, -0.15) is 0 Å². The number of carbonyl (C=O) groups is 1. The highest BCUT2D eigenvalue weighted by Crippen LogP contribution is 2.46. The molecule has 0 radical (unpaired) electrons. The lowest BCUT2D eigenvalue weighted by Gasteiger charge is -2.26. The van der Waals surface area contributed by atoms with Gasteiger partial charge in [-0.1, -0.05) is 84.4 Å². The van der Waals surface area contributed by atoms with E-state index in [9.17, 15) is 4.79 Å². The Morgan fingerprint density at radius 1 is 0.650 bits per heavy atom. The largest absolute Gasteiger partial charge is 0.423 e. The normalized spacial score (nSPS) is 12.5. The zero-order valence-corrected chi connectivity index (χ0v) is 22.6. The van der Waals surface area contributed by atoms with Crippen molar-refractivity contribution in [2.75, 3.05) is 4.90 Å². The molecule has 0 amide bonds. The van der Waals surface area contributed by atoms with Crippen LogP contribution in [0.4, 0.5) is 17.1 Å². The monoisotopic (exact) mass is 519 g/mol. The maximum Gasteiger partial charge on any atom is 0.335 e. The van der Waals surface area contributed by atoms with Gasteiger partial charge >= 0.3 is 5.97 Å². The van der Waals surface area contributed by atoms with Crippen LogP contribution in [-0.2, 0) is 4.79 Å². The summed E-state index contributed by atoms with van der Waals surface area (Å²) in [6, 6.07) is 40.0. The molecular weight excluding hydrogens is 490 g/mol. The van der Waals surface area contributed by atoms with Crippen molar-refractivity contribution in [1.29, 1.82) is 0 Å². The zero-order chi connectivity index (χ0) is 27.6. The first-order chi connectivity index (χ1) is 19.5. The van der Waals surface area contributed by atoms with Crippen molar-refractivity contribution in [2.45, 2.75) is 13.8 Å². The lowest BCUT2D eigenvalue weighted by Crippen LogP contribution is -2.09. The standard InChI is InChI=1S/C37H29NO2/c1-4-37(39)40-31-21-22-34-32-7-5-6-8-33(32)35(36(34)24-31)23-27-13-19-30(20-14-27)38(28-15-9-25(2)10-16-28)29-17-11-26(3)12-18-29/h4-24H,1H2,2-3H3. The van der Waals surface area contributed by atoms with Crippen LogP contribution in [0.3, 0.4) is 0 Å². The van der Waals surface area contributed by atoms with E-state index < -0.39 is 5.97 Å². The summed E-state index contributed by atoms with van der Waals surface area (Å²) in [6.45, 7) is 7.72. The summed E-state index contributed by atoms with van der Waals surface area (Å²) in [4.78, 5) is 14.1. The van der Waals surface area contributed by atoms with Gasteiger partial charge in [-0.15, -0.1) is 0 Å². The van der Waals surface area contributed by atoms with E-state index in [1.165, 1.54) is 22.8 Å². The fraction of sp³-hybridized carbons (Fsp3) is 0.0541. The predicted octanol–water partition coefficient (Wildman–Crippen LogP) is 9.43. The van der Waals surface area contributed by atoms with Crippen LogP contribution in [0.2, 0.25) is 0 Å². The zero-order valence-electron chi connectivity index (χ0n) is 22.6. The van der Waals surface area contributed by atoms with Crippen LogP contribution in [-0.4, -0.2) is 5.97 Å². The molecule has 1 aliphatic carbocycles. The Labute approximate surface area is 235 Å². The minimum absolute atomic E-state index is 0.469. The number of ether oxygens (including phenoxy) is 1. The SMILES string of the molecule is C=CC(=O)Oc1ccc2c(c1)C(=Cc1ccc(N(c3ccc(C)cc3)c3ccc(C)cc3)cc1)c1ccccc1-2. The molecule has 0 spiro atoms. The molecule has 0 aliphatic heterocycles. The Morgan fingerprint density at radius 3 is 1.75 bits per heavy atom. The Bertz CT molecular complexity index is 1700. The number of nitrogens with zero attached hydrogens (tertiary/aromatic N) is 1. The van der Waals surface area contributed by atoms with Crippen LogP contribution in [0.1, 0.15) is 27.8 Å². The number of anilines is 3. The molecule has 3 heteroatoms. The third-order valence-corrected chi connectivity index (χ3v) is 7.22. The molecule has 0 saturated carbocycles. The number of aryl methyl sites for hydroxylation is 2. The second kappa shape index (κ2) is 10.5. The average molecular weight is 520 g/mol. The van der Waals surface area contributed by atoms with Crippen molar-refractivity contribution in [3.63, 3.8) is 0 Å². The third-order valence-electron chi connectivity index (χ3n) is 7.22. The molecule has 194 valence electrons. The summed E-state index contributed by atoms with van der Waals surface area (Å²) in [5.74, 6) is 0.0350. The number of fused-ring (bicyclic) bond motifs is 3. The lowest BCUT2D eigenvalue weighted by atomic mass is 10.0. The Kier molecular flexibility index (Phi) is 6.63. The van der Waals surface area contributed by atoms with E-state index in [-0.39, 0.29) is 0 Å². The quantitative estimate of drug-likeness (QED) is 0.125. The summed E-state index contributed by atoms with van der Waals surface area (Å²) in [5, 5.41) is 0. The molecule has 0 fully saturated rings. The molecule has 0 unspecified atom stereocenters. The molecule has 0 heterocycles.